The summed E-state index contributed by atoms with van der Waals surface area (Å²) in [6, 6.07) is -0.294. The van der Waals surface area contributed by atoms with Crippen LogP contribution >= 0.6 is 0 Å². The van der Waals surface area contributed by atoms with E-state index in [0.717, 1.165) is 4.90 Å². The molecule has 0 bridgehead atoms. The van der Waals surface area contributed by atoms with Gasteiger partial charge >= 0.3 is 12.3 Å². The van der Waals surface area contributed by atoms with Crippen molar-refractivity contribution in [1.82, 2.24) is 4.90 Å². The number of rotatable bonds is 3. The molecule has 0 N–H and O–H groups in total. The Kier molecular flexibility index (Phi) is 3.46. The molecule has 1 amide bonds. The minimum atomic E-state index is -4.36. The summed E-state index contributed by atoms with van der Waals surface area (Å²) in [5, 5.41) is 0. The second-order valence-corrected chi connectivity index (χ2v) is 3.91. The van der Waals surface area contributed by atoms with Crippen LogP contribution in [0, 0.1) is 0 Å². The average molecular weight is 225 g/mol. The van der Waals surface area contributed by atoms with Crippen LogP contribution in [0.1, 0.15) is 26.7 Å². The topological polar surface area (TPSA) is 29.5 Å². The van der Waals surface area contributed by atoms with Gasteiger partial charge < -0.3 is 4.74 Å². The number of amides is 1. The van der Waals surface area contributed by atoms with E-state index in [4.69, 9.17) is 4.74 Å². The molecule has 0 spiro atoms. The number of carbonyl (C=O) groups excluding carboxylic acids is 1. The van der Waals surface area contributed by atoms with Crippen LogP contribution in [-0.4, -0.2) is 35.9 Å². The molecule has 6 heteroatoms. The fraction of sp³-hybridized carbons (Fsp3) is 0.889. The molecule has 1 aliphatic rings. The number of hydrogen-bond acceptors (Lipinski definition) is 2. The fourth-order valence-corrected chi connectivity index (χ4v) is 1.19. The average Bonchev–Trinajstić information content (AvgIpc) is 2.78. The highest BCUT2D eigenvalue weighted by Gasteiger charge is 2.41. The molecule has 3 nitrogen and oxygen atoms in total. The zero-order valence-corrected chi connectivity index (χ0v) is 8.67. The van der Waals surface area contributed by atoms with Gasteiger partial charge in [-0.15, -0.1) is 0 Å². The Bertz CT molecular complexity index is 236. The number of nitrogens with zero attached hydrogens (tertiary/aromatic N) is 1. The van der Waals surface area contributed by atoms with E-state index >= 15 is 0 Å². The summed E-state index contributed by atoms with van der Waals surface area (Å²) < 4.78 is 41.2. The van der Waals surface area contributed by atoms with Gasteiger partial charge in [0.15, 0.2) is 0 Å². The van der Waals surface area contributed by atoms with Gasteiger partial charge in [-0.3, -0.25) is 4.90 Å². The molecular formula is C9H14F3NO2. The highest BCUT2D eigenvalue weighted by atomic mass is 19.4. The molecule has 0 heterocycles. The fourth-order valence-electron chi connectivity index (χ4n) is 1.19. The van der Waals surface area contributed by atoms with Crippen molar-refractivity contribution in [3.8, 4) is 0 Å². The van der Waals surface area contributed by atoms with Gasteiger partial charge in [-0.05, 0) is 26.7 Å². The molecule has 0 atom stereocenters. The van der Waals surface area contributed by atoms with Crippen molar-refractivity contribution in [3.05, 3.63) is 0 Å². The lowest BCUT2D eigenvalue weighted by molar-refractivity contribution is -0.144. The van der Waals surface area contributed by atoms with Crippen molar-refractivity contribution >= 4 is 6.09 Å². The first kappa shape index (κ1) is 12.1. The lowest BCUT2D eigenvalue weighted by atomic mass is 10.4. The van der Waals surface area contributed by atoms with Crippen LogP contribution in [0.4, 0.5) is 18.0 Å². The molecule has 0 aliphatic heterocycles. The Morgan fingerprint density at radius 1 is 1.47 bits per heavy atom. The first-order valence-electron chi connectivity index (χ1n) is 4.83. The van der Waals surface area contributed by atoms with Crippen molar-refractivity contribution < 1.29 is 22.7 Å². The van der Waals surface area contributed by atoms with Gasteiger partial charge in [0.2, 0.25) is 0 Å². The Labute approximate surface area is 86.2 Å². The summed E-state index contributed by atoms with van der Waals surface area (Å²) in [7, 11) is 0. The monoisotopic (exact) mass is 225 g/mol. The number of hydrogen-bond donors (Lipinski definition) is 0. The zero-order chi connectivity index (χ0) is 11.6. The van der Waals surface area contributed by atoms with E-state index in [0.29, 0.717) is 12.8 Å². The van der Waals surface area contributed by atoms with E-state index in [1.165, 1.54) is 0 Å². The molecule has 0 aromatic rings. The SMILES string of the molecule is CC(C)OC(=O)N(CC(F)(F)F)C1CC1. The Balaban J connectivity index is 2.53. The lowest BCUT2D eigenvalue weighted by Gasteiger charge is -2.24. The Hall–Kier alpha value is -0.940. The van der Waals surface area contributed by atoms with Gasteiger partial charge in [-0.2, -0.15) is 13.2 Å². The molecule has 1 saturated carbocycles. The van der Waals surface area contributed by atoms with Gasteiger partial charge in [-0.25, -0.2) is 4.79 Å². The zero-order valence-electron chi connectivity index (χ0n) is 8.67. The van der Waals surface area contributed by atoms with Crippen LogP contribution in [-0.2, 0) is 4.74 Å². The number of ether oxygens (including phenoxy) is 1. The minimum Gasteiger partial charge on any atom is -0.447 e. The lowest BCUT2D eigenvalue weighted by Crippen LogP contribution is -2.41. The third-order valence-corrected chi connectivity index (χ3v) is 1.91. The molecule has 1 aliphatic carbocycles. The second kappa shape index (κ2) is 4.28. The normalized spacial score (nSPS) is 16.7. The smallest absolute Gasteiger partial charge is 0.410 e. The van der Waals surface area contributed by atoms with E-state index in [-0.39, 0.29) is 6.04 Å². The largest absolute Gasteiger partial charge is 0.447 e. The summed E-state index contributed by atoms with van der Waals surface area (Å²) in [4.78, 5) is 12.1. The number of carbonyl (C=O) groups is 1. The second-order valence-electron chi connectivity index (χ2n) is 3.91. The van der Waals surface area contributed by atoms with Crippen LogP contribution < -0.4 is 0 Å². The quantitative estimate of drug-likeness (QED) is 0.738. The minimum absolute atomic E-state index is 0.294. The van der Waals surface area contributed by atoms with Crippen LogP contribution in [0.15, 0.2) is 0 Å². The standard InChI is InChI=1S/C9H14F3NO2/c1-6(2)15-8(14)13(7-3-4-7)5-9(10,11)12/h6-7H,3-5H2,1-2H3. The molecule has 0 radical (unpaired) electrons. The molecule has 0 aromatic heterocycles. The molecule has 0 unspecified atom stereocenters. The van der Waals surface area contributed by atoms with Gasteiger partial charge in [-0.1, -0.05) is 0 Å². The van der Waals surface area contributed by atoms with Crippen molar-refractivity contribution in [3.63, 3.8) is 0 Å². The molecule has 0 saturated heterocycles. The van der Waals surface area contributed by atoms with Gasteiger partial charge in [0, 0.05) is 6.04 Å². The summed E-state index contributed by atoms with van der Waals surface area (Å²) in [6.45, 7) is 2.00. The molecule has 15 heavy (non-hydrogen) atoms. The van der Waals surface area contributed by atoms with E-state index < -0.39 is 24.9 Å². The molecule has 0 aromatic carbocycles. The maximum absolute atomic E-state index is 12.1. The van der Waals surface area contributed by atoms with Crippen molar-refractivity contribution in [2.75, 3.05) is 6.54 Å². The Morgan fingerprint density at radius 3 is 2.33 bits per heavy atom. The van der Waals surface area contributed by atoms with Crippen LogP contribution in [0.3, 0.4) is 0 Å². The molecule has 88 valence electrons. The summed E-state index contributed by atoms with van der Waals surface area (Å²) in [5.41, 5.74) is 0. The molecule has 1 rings (SSSR count). The van der Waals surface area contributed by atoms with Crippen molar-refractivity contribution in [1.29, 1.82) is 0 Å². The third kappa shape index (κ3) is 4.40. The van der Waals surface area contributed by atoms with E-state index in [1.807, 2.05) is 0 Å². The van der Waals surface area contributed by atoms with E-state index in [2.05, 4.69) is 0 Å². The summed E-state index contributed by atoms with van der Waals surface area (Å²) >= 11 is 0. The number of halogens is 3. The first-order valence-corrected chi connectivity index (χ1v) is 4.83. The third-order valence-electron chi connectivity index (χ3n) is 1.91. The van der Waals surface area contributed by atoms with E-state index in [9.17, 15) is 18.0 Å². The maximum Gasteiger partial charge on any atom is 0.410 e. The van der Waals surface area contributed by atoms with Crippen molar-refractivity contribution in [2.45, 2.75) is 45.0 Å². The summed E-state index contributed by atoms with van der Waals surface area (Å²) in [6.07, 6.45) is -4.37. The Morgan fingerprint density at radius 2 is 2.00 bits per heavy atom. The van der Waals surface area contributed by atoms with Crippen LogP contribution in [0.25, 0.3) is 0 Å². The van der Waals surface area contributed by atoms with E-state index in [1.54, 1.807) is 13.8 Å². The highest BCUT2D eigenvalue weighted by Crippen LogP contribution is 2.30. The number of alkyl halides is 3. The van der Waals surface area contributed by atoms with Gasteiger partial charge in [0.25, 0.3) is 0 Å². The summed E-state index contributed by atoms with van der Waals surface area (Å²) in [5.74, 6) is 0. The maximum atomic E-state index is 12.1. The predicted octanol–water partition coefficient (Wildman–Crippen LogP) is 2.56. The highest BCUT2D eigenvalue weighted by molar-refractivity contribution is 5.68. The molecule has 1 fully saturated rings. The van der Waals surface area contributed by atoms with Crippen molar-refractivity contribution in [2.24, 2.45) is 0 Å². The molecular weight excluding hydrogens is 211 g/mol. The predicted molar refractivity (Wildman–Crippen MR) is 47.4 cm³/mol. The van der Waals surface area contributed by atoms with Gasteiger partial charge in [0.1, 0.15) is 6.54 Å². The van der Waals surface area contributed by atoms with Crippen LogP contribution in [0.5, 0.6) is 0 Å². The van der Waals surface area contributed by atoms with Gasteiger partial charge in [0.05, 0.1) is 6.10 Å². The van der Waals surface area contributed by atoms with Crippen LogP contribution in [0.2, 0.25) is 0 Å². The first-order chi connectivity index (χ1) is 6.79.